The molecule has 198 valence electrons. The highest BCUT2D eigenvalue weighted by Crippen LogP contribution is 2.19. The second-order valence-corrected chi connectivity index (χ2v) is 9.27. The number of aromatic amines is 1. The Kier molecular flexibility index (Phi) is 8.39. The Labute approximate surface area is 214 Å². The highest BCUT2D eigenvalue weighted by molar-refractivity contribution is 6.01. The van der Waals surface area contributed by atoms with E-state index in [9.17, 15) is 19.2 Å². The Morgan fingerprint density at radius 3 is 2.59 bits per heavy atom. The summed E-state index contributed by atoms with van der Waals surface area (Å²) in [5.74, 6) is -1.57. The summed E-state index contributed by atoms with van der Waals surface area (Å²) in [6, 6.07) is 4.55. The van der Waals surface area contributed by atoms with Crippen molar-refractivity contribution in [1.82, 2.24) is 30.8 Å². The second kappa shape index (κ2) is 11.9. The molecule has 4 N–H and O–H groups in total. The molecule has 4 atom stereocenters. The van der Waals surface area contributed by atoms with Crippen LogP contribution in [-0.2, 0) is 25.5 Å². The molecule has 3 heterocycles. The van der Waals surface area contributed by atoms with E-state index >= 15 is 0 Å². The highest BCUT2D eigenvalue weighted by atomic mass is 16.5. The summed E-state index contributed by atoms with van der Waals surface area (Å²) < 4.78 is 11.5. The summed E-state index contributed by atoms with van der Waals surface area (Å²) in [5.41, 5.74) is 0.883. The largest absolute Gasteiger partial charge is 0.491 e. The van der Waals surface area contributed by atoms with Crippen molar-refractivity contribution in [3.05, 3.63) is 48.0 Å². The molecule has 0 radical (unpaired) electrons. The fourth-order valence-corrected chi connectivity index (χ4v) is 4.52. The maximum atomic E-state index is 13.5. The molecule has 37 heavy (non-hydrogen) atoms. The lowest BCUT2D eigenvalue weighted by Crippen LogP contribution is -2.57. The summed E-state index contributed by atoms with van der Waals surface area (Å²) >= 11 is 0. The Morgan fingerprint density at radius 2 is 1.86 bits per heavy atom. The molecule has 0 unspecified atom stereocenters. The number of nitrogens with zero attached hydrogens (tertiary/aromatic N) is 2. The molecule has 12 heteroatoms. The number of morpholine rings is 1. The molecule has 0 bridgehead atoms. The van der Waals surface area contributed by atoms with Crippen LogP contribution in [0, 0.1) is 0 Å². The van der Waals surface area contributed by atoms with Gasteiger partial charge in [-0.3, -0.25) is 19.2 Å². The first-order chi connectivity index (χ1) is 17.8. The van der Waals surface area contributed by atoms with Crippen LogP contribution >= 0.6 is 0 Å². The van der Waals surface area contributed by atoms with Crippen LogP contribution in [0.4, 0.5) is 0 Å². The van der Waals surface area contributed by atoms with Crippen molar-refractivity contribution in [2.75, 3.05) is 26.2 Å². The van der Waals surface area contributed by atoms with Crippen LogP contribution in [0.5, 0.6) is 5.75 Å². The smallest absolute Gasteiger partial charge is 0.255 e. The molecule has 4 rings (SSSR count). The number of carbonyl (C=O) groups is 4. The van der Waals surface area contributed by atoms with Gasteiger partial charge in [0.25, 0.3) is 5.91 Å². The summed E-state index contributed by atoms with van der Waals surface area (Å²) in [6.45, 7) is 4.66. The van der Waals surface area contributed by atoms with Crippen molar-refractivity contribution in [3.63, 3.8) is 0 Å². The van der Waals surface area contributed by atoms with Gasteiger partial charge in [-0.1, -0.05) is 12.1 Å². The summed E-state index contributed by atoms with van der Waals surface area (Å²) in [5, 5.41) is 8.19. The molecule has 12 nitrogen and oxygen atoms in total. The SMILES string of the molecule is C[C@@H]1CN(C(=O)[C@@H]2CC(=O)N[C@@H](Cc3cnc[nH]3)C(=O)NCCOc3ccccc3C(=O)N2)C[C@H](C)O1. The van der Waals surface area contributed by atoms with E-state index in [0.717, 1.165) is 0 Å². The number of H-pyrrole nitrogens is 1. The predicted molar refractivity (Wildman–Crippen MR) is 132 cm³/mol. The van der Waals surface area contributed by atoms with Gasteiger partial charge in [0.1, 0.15) is 24.4 Å². The first-order valence-corrected chi connectivity index (χ1v) is 12.3. The van der Waals surface area contributed by atoms with Crippen molar-refractivity contribution < 1.29 is 28.7 Å². The maximum absolute atomic E-state index is 13.5. The molecule has 2 aromatic rings. The fraction of sp³-hybridized carbons (Fsp3) is 0.480. The monoisotopic (exact) mass is 512 g/mol. The van der Waals surface area contributed by atoms with Gasteiger partial charge < -0.3 is 35.3 Å². The lowest BCUT2D eigenvalue weighted by molar-refractivity contribution is -0.146. The Hall–Kier alpha value is -3.93. The van der Waals surface area contributed by atoms with E-state index in [1.54, 1.807) is 35.4 Å². The number of hydrogen-bond acceptors (Lipinski definition) is 7. The Bertz CT molecular complexity index is 1110. The molecule has 2 aliphatic heterocycles. The third kappa shape index (κ3) is 6.85. The van der Waals surface area contributed by atoms with Crippen LogP contribution in [0.25, 0.3) is 0 Å². The first-order valence-electron chi connectivity index (χ1n) is 12.3. The predicted octanol–water partition coefficient (Wildman–Crippen LogP) is -0.230. The zero-order chi connectivity index (χ0) is 26.4. The van der Waals surface area contributed by atoms with Gasteiger partial charge in [0, 0.05) is 31.4 Å². The van der Waals surface area contributed by atoms with Gasteiger partial charge in [-0.15, -0.1) is 0 Å². The van der Waals surface area contributed by atoms with Gasteiger partial charge in [0.2, 0.25) is 17.7 Å². The van der Waals surface area contributed by atoms with Crippen LogP contribution in [0.1, 0.15) is 36.3 Å². The summed E-state index contributed by atoms with van der Waals surface area (Å²) in [7, 11) is 0. The third-order valence-electron chi connectivity index (χ3n) is 6.15. The van der Waals surface area contributed by atoms with E-state index in [4.69, 9.17) is 9.47 Å². The summed E-state index contributed by atoms with van der Waals surface area (Å²) in [6.07, 6.45) is 2.50. The zero-order valence-electron chi connectivity index (χ0n) is 20.9. The standard InChI is InChI=1S/C25H32N6O6/c1-15-12-31(13-16(2)37-15)25(35)20-10-22(32)29-19(9-17-11-26-14-28-17)24(34)27-7-8-36-21-6-4-3-5-18(21)23(33)30-20/h3-6,11,14-16,19-20H,7-10,12-13H2,1-2H3,(H,26,28)(H,27,34)(H,29,32)(H,30,33)/t15-,16+,19-,20-/m0/s1. The number of nitrogens with one attached hydrogen (secondary N) is 4. The van der Waals surface area contributed by atoms with Crippen molar-refractivity contribution in [2.45, 2.75) is 51.0 Å². The van der Waals surface area contributed by atoms with E-state index in [-0.39, 0.29) is 43.8 Å². The minimum Gasteiger partial charge on any atom is -0.491 e. The molecule has 1 aromatic heterocycles. The first kappa shape index (κ1) is 26.1. The lowest BCUT2D eigenvalue weighted by atomic mass is 10.1. The number of imidazole rings is 1. The quantitative estimate of drug-likeness (QED) is 0.443. The fourth-order valence-electron chi connectivity index (χ4n) is 4.52. The minimum absolute atomic E-state index is 0.104. The maximum Gasteiger partial charge on any atom is 0.255 e. The molecular weight excluding hydrogens is 480 g/mol. The lowest BCUT2D eigenvalue weighted by Gasteiger charge is -2.37. The number of benzene rings is 1. The van der Waals surface area contributed by atoms with E-state index in [1.165, 1.54) is 6.33 Å². The van der Waals surface area contributed by atoms with Gasteiger partial charge in [-0.2, -0.15) is 0 Å². The highest BCUT2D eigenvalue weighted by Gasteiger charge is 2.34. The number of amides is 4. The third-order valence-corrected chi connectivity index (χ3v) is 6.15. The number of ether oxygens (including phenoxy) is 2. The van der Waals surface area contributed by atoms with Crippen molar-refractivity contribution in [2.24, 2.45) is 0 Å². The van der Waals surface area contributed by atoms with Crippen molar-refractivity contribution >= 4 is 23.6 Å². The molecule has 0 aliphatic carbocycles. The molecule has 0 spiro atoms. The van der Waals surface area contributed by atoms with E-state index < -0.39 is 35.7 Å². The van der Waals surface area contributed by atoms with Gasteiger partial charge in [0.05, 0.1) is 37.1 Å². The van der Waals surface area contributed by atoms with Gasteiger partial charge in [0.15, 0.2) is 0 Å². The normalized spacial score (nSPS) is 25.6. The van der Waals surface area contributed by atoms with Crippen LogP contribution in [0.3, 0.4) is 0 Å². The molecule has 2 aliphatic rings. The van der Waals surface area contributed by atoms with E-state index in [0.29, 0.717) is 24.5 Å². The van der Waals surface area contributed by atoms with Crippen molar-refractivity contribution in [1.29, 1.82) is 0 Å². The molecule has 1 aromatic carbocycles. The Morgan fingerprint density at radius 1 is 1.11 bits per heavy atom. The van der Waals surface area contributed by atoms with Crippen molar-refractivity contribution in [3.8, 4) is 5.75 Å². The van der Waals surface area contributed by atoms with Crippen LogP contribution in [0.15, 0.2) is 36.8 Å². The topological polar surface area (TPSA) is 155 Å². The number of aromatic nitrogens is 2. The number of fused-ring (bicyclic) bond motifs is 1. The van der Waals surface area contributed by atoms with Crippen LogP contribution in [0.2, 0.25) is 0 Å². The van der Waals surface area contributed by atoms with Gasteiger partial charge in [-0.05, 0) is 26.0 Å². The average molecular weight is 513 g/mol. The van der Waals surface area contributed by atoms with E-state index in [2.05, 4.69) is 25.9 Å². The Balaban J connectivity index is 1.61. The number of para-hydroxylation sites is 1. The van der Waals surface area contributed by atoms with Crippen LogP contribution in [-0.4, -0.2) is 89.0 Å². The molecule has 1 saturated heterocycles. The van der Waals surface area contributed by atoms with Gasteiger partial charge in [-0.25, -0.2) is 4.98 Å². The molecule has 0 saturated carbocycles. The minimum atomic E-state index is -1.16. The molecular formula is C25H32N6O6. The average Bonchev–Trinajstić information content (AvgIpc) is 3.37. The second-order valence-electron chi connectivity index (χ2n) is 9.27. The molecule has 1 fully saturated rings. The summed E-state index contributed by atoms with van der Waals surface area (Å²) in [4.78, 5) is 61.3. The molecule has 4 amide bonds. The number of hydrogen-bond donors (Lipinski definition) is 4. The number of rotatable bonds is 3. The van der Waals surface area contributed by atoms with Crippen LogP contribution < -0.4 is 20.7 Å². The zero-order valence-corrected chi connectivity index (χ0v) is 20.9. The number of carbonyl (C=O) groups excluding carboxylic acids is 4. The van der Waals surface area contributed by atoms with E-state index in [1.807, 2.05) is 13.8 Å². The van der Waals surface area contributed by atoms with Gasteiger partial charge >= 0.3 is 0 Å².